The van der Waals surface area contributed by atoms with Crippen LogP contribution in [-0.4, -0.2) is 14.5 Å². The SMILES string of the molecule is CC1(C)c2cc(N(c3cccc(-c4ccccn4)c3)c3cccc(-c4ccccn4)c3)cc3c2-n2c4c1cccc4c1cccc(c12)C3(C)C. The fourth-order valence-electron chi connectivity index (χ4n) is 8.70. The zero-order valence-corrected chi connectivity index (χ0v) is 28.6. The van der Waals surface area contributed by atoms with Gasteiger partial charge >= 0.3 is 0 Å². The van der Waals surface area contributed by atoms with E-state index in [1.165, 1.54) is 49.7 Å². The van der Waals surface area contributed by atoms with Crippen LogP contribution in [-0.2, 0) is 10.8 Å². The Labute approximate surface area is 292 Å². The fourth-order valence-corrected chi connectivity index (χ4v) is 8.70. The first kappa shape index (κ1) is 29.0. The number of para-hydroxylation sites is 2. The number of benzene rings is 5. The lowest BCUT2D eigenvalue weighted by Crippen LogP contribution is -2.34. The molecule has 2 aliphatic rings. The first-order valence-corrected chi connectivity index (χ1v) is 17.4. The molecule has 0 radical (unpaired) electrons. The van der Waals surface area contributed by atoms with Gasteiger partial charge in [-0.3, -0.25) is 9.97 Å². The van der Waals surface area contributed by atoms with E-state index in [0.717, 1.165) is 39.6 Å². The van der Waals surface area contributed by atoms with Crippen molar-refractivity contribution in [3.8, 4) is 28.2 Å². The summed E-state index contributed by atoms with van der Waals surface area (Å²) in [6.07, 6.45) is 3.72. The fraction of sp³-hybridized carbons (Fsp3) is 0.130. The van der Waals surface area contributed by atoms with Crippen molar-refractivity contribution in [3.63, 3.8) is 0 Å². The van der Waals surface area contributed by atoms with Gasteiger partial charge in [0.15, 0.2) is 0 Å². The summed E-state index contributed by atoms with van der Waals surface area (Å²) < 4.78 is 2.59. The third-order valence-corrected chi connectivity index (χ3v) is 11.2. The van der Waals surface area contributed by atoms with Gasteiger partial charge in [-0.25, -0.2) is 0 Å². The van der Waals surface area contributed by atoms with Crippen LogP contribution in [0, 0.1) is 0 Å². The van der Waals surface area contributed by atoms with Gasteiger partial charge in [0.2, 0.25) is 0 Å². The number of rotatable bonds is 5. The van der Waals surface area contributed by atoms with Gasteiger partial charge in [-0.1, -0.05) is 100 Å². The molecular formula is C46H36N4. The predicted molar refractivity (Wildman–Crippen MR) is 206 cm³/mol. The normalized spacial score (nSPS) is 14.7. The van der Waals surface area contributed by atoms with E-state index in [9.17, 15) is 0 Å². The lowest BCUT2D eigenvalue weighted by atomic mass is 9.68. The summed E-state index contributed by atoms with van der Waals surface area (Å²) in [4.78, 5) is 11.8. The summed E-state index contributed by atoms with van der Waals surface area (Å²) in [5.41, 5.74) is 16.4. The largest absolute Gasteiger partial charge is 0.310 e. The second-order valence-corrected chi connectivity index (χ2v) is 14.7. The van der Waals surface area contributed by atoms with Crippen LogP contribution in [0.5, 0.6) is 0 Å². The molecule has 0 saturated carbocycles. The minimum absolute atomic E-state index is 0.227. The molecule has 0 atom stereocenters. The first-order valence-electron chi connectivity index (χ1n) is 17.4. The van der Waals surface area contributed by atoms with Crippen LogP contribution in [0.15, 0.2) is 146 Å². The molecule has 240 valence electrons. The molecule has 4 nitrogen and oxygen atoms in total. The van der Waals surface area contributed by atoms with E-state index in [4.69, 9.17) is 9.97 Å². The van der Waals surface area contributed by atoms with E-state index in [2.05, 4.69) is 146 Å². The number of pyridine rings is 2. The minimum Gasteiger partial charge on any atom is -0.310 e. The maximum atomic E-state index is 4.70. The molecule has 3 aromatic heterocycles. The highest BCUT2D eigenvalue weighted by Gasteiger charge is 2.44. The molecule has 2 aliphatic heterocycles. The van der Waals surface area contributed by atoms with Crippen LogP contribution < -0.4 is 4.90 Å². The van der Waals surface area contributed by atoms with Crippen molar-refractivity contribution in [3.05, 3.63) is 168 Å². The second-order valence-electron chi connectivity index (χ2n) is 14.7. The highest BCUT2D eigenvalue weighted by molar-refractivity contribution is 6.14. The summed E-state index contributed by atoms with van der Waals surface area (Å²) in [7, 11) is 0. The van der Waals surface area contributed by atoms with Crippen molar-refractivity contribution in [1.82, 2.24) is 14.5 Å². The molecular weight excluding hydrogens is 609 g/mol. The smallest absolute Gasteiger partial charge is 0.0702 e. The molecule has 5 heterocycles. The second kappa shape index (κ2) is 10.3. The third-order valence-electron chi connectivity index (χ3n) is 11.2. The number of aromatic nitrogens is 3. The lowest BCUT2D eigenvalue weighted by Gasteiger charge is -2.43. The quantitative estimate of drug-likeness (QED) is 0.187. The first-order chi connectivity index (χ1) is 24.3. The summed E-state index contributed by atoms with van der Waals surface area (Å²) in [6.45, 7) is 9.61. The number of fused-ring (bicyclic) bond motifs is 1. The van der Waals surface area contributed by atoms with Gasteiger partial charge < -0.3 is 9.47 Å². The Hall–Kier alpha value is -6.00. The minimum atomic E-state index is -0.227. The number of nitrogens with zero attached hydrogens (tertiary/aromatic N) is 4. The molecule has 0 unspecified atom stereocenters. The average Bonchev–Trinajstić information content (AvgIpc) is 3.49. The van der Waals surface area contributed by atoms with Crippen molar-refractivity contribution >= 4 is 38.9 Å². The van der Waals surface area contributed by atoms with Gasteiger partial charge in [-0.15, -0.1) is 0 Å². The Kier molecular flexibility index (Phi) is 5.94. The zero-order valence-electron chi connectivity index (χ0n) is 28.6. The van der Waals surface area contributed by atoms with E-state index in [0.29, 0.717) is 0 Å². The van der Waals surface area contributed by atoms with Crippen molar-refractivity contribution in [2.24, 2.45) is 0 Å². The lowest BCUT2D eigenvalue weighted by molar-refractivity contribution is 0.594. The Balaban J connectivity index is 1.28. The summed E-state index contributed by atoms with van der Waals surface area (Å²) in [5.74, 6) is 0. The van der Waals surface area contributed by atoms with Gasteiger partial charge in [0.05, 0.1) is 28.1 Å². The topological polar surface area (TPSA) is 34.0 Å². The molecule has 0 saturated heterocycles. The maximum Gasteiger partial charge on any atom is 0.0702 e. The maximum absolute atomic E-state index is 4.70. The van der Waals surface area contributed by atoms with Crippen LogP contribution in [0.25, 0.3) is 50.0 Å². The van der Waals surface area contributed by atoms with Gasteiger partial charge in [0.25, 0.3) is 0 Å². The molecule has 0 aliphatic carbocycles. The zero-order chi connectivity index (χ0) is 33.8. The summed E-state index contributed by atoms with van der Waals surface area (Å²) >= 11 is 0. The van der Waals surface area contributed by atoms with E-state index < -0.39 is 0 Å². The van der Waals surface area contributed by atoms with Crippen LogP contribution in [0.1, 0.15) is 49.9 Å². The van der Waals surface area contributed by atoms with Gasteiger partial charge in [-0.05, 0) is 82.9 Å². The van der Waals surface area contributed by atoms with Crippen LogP contribution in [0.3, 0.4) is 0 Å². The van der Waals surface area contributed by atoms with Crippen molar-refractivity contribution in [2.75, 3.05) is 4.90 Å². The Morgan fingerprint density at radius 2 is 0.940 bits per heavy atom. The monoisotopic (exact) mass is 644 g/mol. The molecule has 0 spiro atoms. The Morgan fingerprint density at radius 3 is 1.40 bits per heavy atom. The van der Waals surface area contributed by atoms with Crippen LogP contribution >= 0.6 is 0 Å². The number of hydrogen-bond donors (Lipinski definition) is 0. The molecule has 0 bridgehead atoms. The summed E-state index contributed by atoms with van der Waals surface area (Å²) in [6, 6.07) is 48.4. The molecule has 5 aromatic carbocycles. The van der Waals surface area contributed by atoms with E-state index in [1.807, 2.05) is 36.7 Å². The van der Waals surface area contributed by atoms with Crippen molar-refractivity contribution < 1.29 is 0 Å². The van der Waals surface area contributed by atoms with Gasteiger partial charge in [-0.2, -0.15) is 0 Å². The standard InChI is InChI=1S/C46H36N4/c1-45(2)36-19-11-17-34-35-18-12-20-37-43(35)50(42(34)36)44-38(45)27-33(28-39(44)46(37,3)4)49(31-15-9-13-29(25-31)40-21-5-7-23-47-40)32-16-10-14-30(26-32)41-22-6-8-24-48-41/h5-28H,1-4H3. The molecule has 10 rings (SSSR count). The highest BCUT2D eigenvalue weighted by atomic mass is 15.1. The van der Waals surface area contributed by atoms with E-state index in [-0.39, 0.29) is 10.8 Å². The molecule has 4 heteroatoms. The number of hydrogen-bond acceptors (Lipinski definition) is 3. The van der Waals surface area contributed by atoms with E-state index in [1.54, 1.807) is 0 Å². The average molecular weight is 645 g/mol. The molecule has 0 fully saturated rings. The molecule has 50 heavy (non-hydrogen) atoms. The van der Waals surface area contributed by atoms with E-state index >= 15 is 0 Å². The molecule has 8 aromatic rings. The van der Waals surface area contributed by atoms with Gasteiger partial charge in [0.1, 0.15) is 0 Å². The van der Waals surface area contributed by atoms with Crippen LogP contribution in [0.4, 0.5) is 17.1 Å². The Bertz CT molecular complexity index is 2470. The van der Waals surface area contributed by atoms with Crippen LogP contribution in [0.2, 0.25) is 0 Å². The summed E-state index contributed by atoms with van der Waals surface area (Å²) in [5, 5.41) is 2.68. The highest BCUT2D eigenvalue weighted by Crippen LogP contribution is 2.56. The van der Waals surface area contributed by atoms with Gasteiger partial charge in [0, 0.05) is 62.2 Å². The number of anilines is 3. The molecule has 0 amide bonds. The molecule has 0 N–H and O–H groups in total. The third kappa shape index (κ3) is 3.93. The predicted octanol–water partition coefficient (Wildman–Crippen LogP) is 11.7. The van der Waals surface area contributed by atoms with Crippen molar-refractivity contribution in [2.45, 2.75) is 38.5 Å². The Morgan fingerprint density at radius 1 is 0.460 bits per heavy atom. The van der Waals surface area contributed by atoms with Crippen molar-refractivity contribution in [1.29, 1.82) is 0 Å².